The number of hydrogen-bond acceptors (Lipinski definition) is 1. The molecule has 1 N–H and O–H groups in total. The summed E-state index contributed by atoms with van der Waals surface area (Å²) >= 11 is 0. The molecule has 0 saturated carbocycles. The van der Waals surface area contributed by atoms with Crippen LogP contribution in [0, 0.1) is 13.8 Å². The predicted molar refractivity (Wildman–Crippen MR) is 68.3 cm³/mol. The molecular weight excluding hydrogens is 184 g/mol. The number of hydrogen-bond donors (Lipinski definition) is 1. The molecule has 2 rings (SSSR count). The minimum absolute atomic E-state index is 1.09. The molecule has 15 heavy (non-hydrogen) atoms. The van der Waals surface area contributed by atoms with Crippen LogP contribution >= 0.6 is 0 Å². The first-order valence-corrected chi connectivity index (χ1v) is 5.68. The lowest BCUT2D eigenvalue weighted by molar-refractivity contribution is 1.32. The highest BCUT2D eigenvalue weighted by atomic mass is 14.9. The fraction of sp³-hybridized carbons (Fsp3) is 0.462. The average molecular weight is 206 g/mol. The van der Waals surface area contributed by atoms with Gasteiger partial charge in [0.25, 0.3) is 0 Å². The molecular formula is C13H22N2. The van der Waals surface area contributed by atoms with Crippen molar-refractivity contribution in [2.24, 2.45) is 0 Å². The number of benzene rings is 1. The van der Waals surface area contributed by atoms with Gasteiger partial charge in [-0.25, -0.2) is 4.98 Å². The van der Waals surface area contributed by atoms with E-state index in [4.69, 9.17) is 0 Å². The van der Waals surface area contributed by atoms with Gasteiger partial charge in [0.15, 0.2) is 0 Å². The van der Waals surface area contributed by atoms with E-state index in [1.807, 2.05) is 27.7 Å². The highest BCUT2D eigenvalue weighted by Crippen LogP contribution is 2.16. The number of H-pyrrole nitrogens is 1. The van der Waals surface area contributed by atoms with Crippen molar-refractivity contribution in [2.45, 2.75) is 41.5 Å². The maximum atomic E-state index is 4.22. The Hall–Kier alpha value is -1.31. The van der Waals surface area contributed by atoms with Gasteiger partial charge < -0.3 is 4.98 Å². The number of aromatic amines is 1. The SMILES string of the molecule is CC.CC.Cc1ccc2[nH]cnc2c1C. The predicted octanol–water partition coefficient (Wildman–Crippen LogP) is 4.23. The third-order valence-corrected chi connectivity index (χ3v) is 2.12. The monoisotopic (exact) mass is 206 g/mol. The molecule has 0 aliphatic heterocycles. The Bertz CT molecular complexity index is 388. The molecule has 0 spiro atoms. The van der Waals surface area contributed by atoms with Crippen molar-refractivity contribution < 1.29 is 0 Å². The molecule has 2 nitrogen and oxygen atoms in total. The van der Waals surface area contributed by atoms with Crippen molar-refractivity contribution in [3.63, 3.8) is 0 Å². The molecule has 0 bridgehead atoms. The van der Waals surface area contributed by atoms with Gasteiger partial charge in [-0.2, -0.15) is 0 Å². The normalized spacial score (nSPS) is 8.67. The highest BCUT2D eigenvalue weighted by Gasteiger charge is 2.00. The van der Waals surface area contributed by atoms with Gasteiger partial charge in [-0.1, -0.05) is 33.8 Å². The molecule has 2 aromatic rings. The van der Waals surface area contributed by atoms with Crippen molar-refractivity contribution >= 4 is 11.0 Å². The van der Waals surface area contributed by atoms with E-state index in [9.17, 15) is 0 Å². The second-order valence-electron chi connectivity index (χ2n) is 2.81. The summed E-state index contributed by atoms with van der Waals surface area (Å²) in [6, 6.07) is 4.17. The topological polar surface area (TPSA) is 28.7 Å². The lowest BCUT2D eigenvalue weighted by Gasteiger charge is -1.98. The number of aryl methyl sites for hydroxylation is 2. The third-order valence-electron chi connectivity index (χ3n) is 2.12. The minimum atomic E-state index is 1.09. The maximum Gasteiger partial charge on any atom is 0.0931 e. The van der Waals surface area contributed by atoms with Gasteiger partial charge in [0.05, 0.1) is 17.4 Å². The fourth-order valence-corrected chi connectivity index (χ4v) is 1.25. The van der Waals surface area contributed by atoms with Crippen LogP contribution in [0.1, 0.15) is 38.8 Å². The smallest absolute Gasteiger partial charge is 0.0931 e. The molecule has 0 fully saturated rings. The summed E-state index contributed by atoms with van der Waals surface area (Å²) in [7, 11) is 0. The summed E-state index contributed by atoms with van der Waals surface area (Å²) in [5, 5.41) is 0. The lowest BCUT2D eigenvalue weighted by Crippen LogP contribution is -1.81. The van der Waals surface area contributed by atoms with Crippen LogP contribution in [0.3, 0.4) is 0 Å². The van der Waals surface area contributed by atoms with Crippen molar-refractivity contribution in [3.8, 4) is 0 Å². The Morgan fingerprint density at radius 3 is 2.20 bits per heavy atom. The molecule has 1 heterocycles. The van der Waals surface area contributed by atoms with Gasteiger partial charge >= 0.3 is 0 Å². The molecule has 0 saturated heterocycles. The Morgan fingerprint density at radius 1 is 1.00 bits per heavy atom. The van der Waals surface area contributed by atoms with Crippen LogP contribution in [0.25, 0.3) is 11.0 Å². The Morgan fingerprint density at radius 2 is 1.60 bits per heavy atom. The van der Waals surface area contributed by atoms with Crippen molar-refractivity contribution in [3.05, 3.63) is 29.6 Å². The van der Waals surface area contributed by atoms with Crippen molar-refractivity contribution in [1.82, 2.24) is 9.97 Å². The van der Waals surface area contributed by atoms with E-state index in [1.165, 1.54) is 11.1 Å². The number of rotatable bonds is 0. The van der Waals surface area contributed by atoms with Crippen LogP contribution in [-0.2, 0) is 0 Å². The summed E-state index contributed by atoms with van der Waals surface area (Å²) in [4.78, 5) is 7.30. The molecule has 0 aliphatic carbocycles. The van der Waals surface area contributed by atoms with E-state index in [0.29, 0.717) is 0 Å². The highest BCUT2D eigenvalue weighted by molar-refractivity contribution is 5.79. The largest absolute Gasteiger partial charge is 0.345 e. The Labute approximate surface area is 92.7 Å². The number of nitrogens with zero attached hydrogens (tertiary/aromatic N) is 1. The Balaban J connectivity index is 0.000000442. The molecule has 0 atom stereocenters. The third kappa shape index (κ3) is 3.08. The average Bonchev–Trinajstić information content (AvgIpc) is 2.78. The standard InChI is InChI=1S/C9H10N2.2C2H6/c1-6-3-4-8-9(7(6)2)11-5-10-8;2*1-2/h3-5H,1-2H3,(H,10,11);2*1-2H3. The number of imidazole rings is 1. The van der Waals surface area contributed by atoms with Gasteiger partial charge in [0, 0.05) is 0 Å². The molecule has 1 aromatic heterocycles. The zero-order valence-electron chi connectivity index (χ0n) is 10.7. The van der Waals surface area contributed by atoms with E-state index in [-0.39, 0.29) is 0 Å². The van der Waals surface area contributed by atoms with Gasteiger partial charge in [-0.05, 0) is 31.0 Å². The van der Waals surface area contributed by atoms with E-state index in [0.717, 1.165) is 11.0 Å². The number of nitrogens with one attached hydrogen (secondary N) is 1. The van der Waals surface area contributed by atoms with E-state index >= 15 is 0 Å². The summed E-state index contributed by atoms with van der Waals surface area (Å²) < 4.78 is 0. The summed E-state index contributed by atoms with van der Waals surface area (Å²) in [5.74, 6) is 0. The van der Waals surface area contributed by atoms with Gasteiger partial charge in [-0.3, -0.25) is 0 Å². The van der Waals surface area contributed by atoms with Crippen LogP contribution in [0.4, 0.5) is 0 Å². The zero-order chi connectivity index (χ0) is 11.8. The molecule has 1 aromatic carbocycles. The van der Waals surface area contributed by atoms with E-state index in [1.54, 1.807) is 6.33 Å². The van der Waals surface area contributed by atoms with Crippen molar-refractivity contribution in [1.29, 1.82) is 0 Å². The first-order valence-electron chi connectivity index (χ1n) is 5.68. The second kappa shape index (κ2) is 7.04. The quantitative estimate of drug-likeness (QED) is 0.686. The Kier molecular flexibility index (Phi) is 6.43. The number of aromatic nitrogens is 2. The summed E-state index contributed by atoms with van der Waals surface area (Å²) in [6.45, 7) is 12.2. The van der Waals surface area contributed by atoms with Crippen LogP contribution in [0.2, 0.25) is 0 Å². The van der Waals surface area contributed by atoms with Crippen LogP contribution < -0.4 is 0 Å². The molecule has 84 valence electrons. The number of fused-ring (bicyclic) bond motifs is 1. The first-order chi connectivity index (χ1) is 7.29. The second-order valence-corrected chi connectivity index (χ2v) is 2.81. The fourth-order valence-electron chi connectivity index (χ4n) is 1.25. The van der Waals surface area contributed by atoms with E-state index in [2.05, 4.69) is 35.9 Å². The van der Waals surface area contributed by atoms with E-state index < -0.39 is 0 Å². The van der Waals surface area contributed by atoms with Gasteiger partial charge in [0.2, 0.25) is 0 Å². The minimum Gasteiger partial charge on any atom is -0.345 e. The van der Waals surface area contributed by atoms with Crippen LogP contribution in [-0.4, -0.2) is 9.97 Å². The maximum absolute atomic E-state index is 4.22. The van der Waals surface area contributed by atoms with Crippen LogP contribution in [0.15, 0.2) is 18.5 Å². The van der Waals surface area contributed by atoms with Crippen LogP contribution in [0.5, 0.6) is 0 Å². The van der Waals surface area contributed by atoms with Crippen molar-refractivity contribution in [2.75, 3.05) is 0 Å². The molecule has 0 amide bonds. The molecule has 0 aliphatic rings. The van der Waals surface area contributed by atoms with Gasteiger partial charge in [0.1, 0.15) is 0 Å². The molecule has 0 radical (unpaired) electrons. The lowest BCUT2D eigenvalue weighted by atomic mass is 10.1. The molecule has 2 heteroatoms. The summed E-state index contributed by atoms with van der Waals surface area (Å²) in [6.07, 6.45) is 1.73. The summed E-state index contributed by atoms with van der Waals surface area (Å²) in [5.41, 5.74) is 4.77. The first kappa shape index (κ1) is 13.7. The zero-order valence-corrected chi connectivity index (χ0v) is 10.7. The van der Waals surface area contributed by atoms with Gasteiger partial charge in [-0.15, -0.1) is 0 Å². The molecule has 0 unspecified atom stereocenters.